The molecule has 3 aromatic carbocycles. The smallest absolute Gasteiger partial charge is 0.371 e. The van der Waals surface area contributed by atoms with Crippen molar-refractivity contribution in [3.8, 4) is 5.75 Å². The minimum absolute atomic E-state index is 0.0115. The second kappa shape index (κ2) is 13.5. The minimum atomic E-state index is -4.22. The highest BCUT2D eigenvalue weighted by molar-refractivity contribution is 7.84. The van der Waals surface area contributed by atoms with Crippen LogP contribution in [0, 0.1) is 0 Å². The van der Waals surface area contributed by atoms with Crippen LogP contribution in [-0.2, 0) is 39.4 Å². The Kier molecular flexibility index (Phi) is 9.22. The first kappa shape index (κ1) is 32.1. The van der Waals surface area contributed by atoms with Crippen LogP contribution in [0.15, 0.2) is 91.0 Å². The predicted molar refractivity (Wildman–Crippen MR) is 176 cm³/mol. The predicted octanol–water partition coefficient (Wildman–Crippen LogP) is 2.62. The molecule has 2 aliphatic rings. The Morgan fingerprint density at radius 1 is 1.06 bits per heavy atom. The molecule has 2 atom stereocenters. The van der Waals surface area contributed by atoms with Crippen LogP contribution in [0.25, 0.3) is 10.2 Å². The van der Waals surface area contributed by atoms with E-state index in [1.807, 2.05) is 48.5 Å². The van der Waals surface area contributed by atoms with E-state index in [4.69, 9.17) is 9.32 Å². The summed E-state index contributed by atoms with van der Waals surface area (Å²) in [5, 5.41) is 11.1. The molecule has 0 unspecified atom stereocenters. The summed E-state index contributed by atoms with van der Waals surface area (Å²) in [5.41, 5.74) is 4.95. The number of hydrazine groups is 1. The highest BCUT2D eigenvalue weighted by Crippen LogP contribution is 2.31. The van der Waals surface area contributed by atoms with Gasteiger partial charge in [-0.2, -0.15) is 13.6 Å². The zero-order valence-electron chi connectivity index (χ0n) is 25.3. The van der Waals surface area contributed by atoms with E-state index < -0.39 is 28.5 Å². The van der Waals surface area contributed by atoms with Gasteiger partial charge in [-0.1, -0.05) is 60.7 Å². The largest absolute Gasteiger partial charge is 0.380 e. The zero-order chi connectivity index (χ0) is 33.1. The third-order valence-electron chi connectivity index (χ3n) is 8.03. The first-order chi connectivity index (χ1) is 22.6. The molecule has 6 rings (SSSR count). The molecule has 2 fully saturated rings. The molecule has 0 spiro atoms. The summed E-state index contributed by atoms with van der Waals surface area (Å²) in [6.45, 7) is 4.48. The second-order valence-electron chi connectivity index (χ2n) is 11.2. The molecule has 4 amide bonds. The van der Waals surface area contributed by atoms with Crippen LogP contribution in [0.1, 0.15) is 16.7 Å². The van der Waals surface area contributed by atoms with Crippen molar-refractivity contribution in [2.75, 3.05) is 19.6 Å². The number of carbonyl (C=O) groups excluding carboxylic acids is 3. The van der Waals surface area contributed by atoms with Crippen molar-refractivity contribution in [2.45, 2.75) is 31.7 Å². The summed E-state index contributed by atoms with van der Waals surface area (Å²) in [6.07, 6.45) is 0.904. The van der Waals surface area contributed by atoms with Gasteiger partial charge in [0.15, 0.2) is 0 Å². The third kappa shape index (κ3) is 7.12. The van der Waals surface area contributed by atoms with Gasteiger partial charge in [0.1, 0.15) is 18.0 Å². The number of rotatable bonds is 10. The van der Waals surface area contributed by atoms with E-state index in [9.17, 15) is 22.8 Å². The number of urea groups is 1. The number of fused-ring (bicyclic) bond motifs is 2. The number of nitrogens with one attached hydrogen (secondary N) is 1. The van der Waals surface area contributed by atoms with Crippen molar-refractivity contribution in [1.82, 2.24) is 30.1 Å². The second-order valence-corrected chi connectivity index (χ2v) is 13.2. The van der Waals surface area contributed by atoms with Gasteiger partial charge in [-0.3, -0.25) is 9.59 Å². The number of carbonyl (C=O) groups is 3. The molecule has 0 bridgehead atoms. The van der Waals surface area contributed by atoms with Crippen molar-refractivity contribution >= 4 is 49.7 Å². The SMILES string of the molecule is C=CCN1CC(=O)N2[C@@H](Cc3ccc(OS(N)(=O)=O)cc3)C(=O)N(Cc3cccc4scnc34)C[C@@H]2N1C(=O)NCc1ccccc1. The summed E-state index contributed by atoms with van der Waals surface area (Å²) in [5.74, 6) is -0.580. The third-order valence-corrected chi connectivity index (χ3v) is 9.25. The van der Waals surface area contributed by atoms with Crippen molar-refractivity contribution < 1.29 is 27.0 Å². The maximum atomic E-state index is 14.3. The fourth-order valence-corrected chi connectivity index (χ4v) is 7.12. The van der Waals surface area contributed by atoms with Crippen molar-refractivity contribution in [2.24, 2.45) is 5.14 Å². The summed E-state index contributed by atoms with van der Waals surface area (Å²) >= 11 is 1.50. The number of piperazine rings is 1. The first-order valence-corrected chi connectivity index (χ1v) is 17.2. The van der Waals surface area contributed by atoms with Crippen LogP contribution < -0.4 is 14.6 Å². The topological polar surface area (TPSA) is 158 Å². The maximum Gasteiger partial charge on any atom is 0.380 e. The fraction of sp³-hybridized carbons (Fsp3) is 0.250. The van der Waals surface area contributed by atoms with Gasteiger partial charge in [0, 0.05) is 26.1 Å². The molecule has 2 aliphatic heterocycles. The van der Waals surface area contributed by atoms with E-state index in [1.54, 1.807) is 33.6 Å². The molecule has 244 valence electrons. The fourth-order valence-electron chi connectivity index (χ4n) is 6.02. The van der Waals surface area contributed by atoms with Crippen molar-refractivity contribution in [3.63, 3.8) is 0 Å². The Labute approximate surface area is 276 Å². The van der Waals surface area contributed by atoms with Crippen LogP contribution in [0.5, 0.6) is 5.75 Å². The molecule has 0 aliphatic carbocycles. The molecule has 13 nitrogen and oxygen atoms in total. The molecule has 47 heavy (non-hydrogen) atoms. The number of para-hydroxylation sites is 1. The van der Waals surface area contributed by atoms with Gasteiger partial charge in [-0.25, -0.2) is 19.8 Å². The van der Waals surface area contributed by atoms with Gasteiger partial charge < -0.3 is 19.3 Å². The lowest BCUT2D eigenvalue weighted by atomic mass is 9.98. The number of nitrogens with zero attached hydrogens (tertiary/aromatic N) is 5. The lowest BCUT2D eigenvalue weighted by molar-refractivity contribution is -0.189. The quantitative estimate of drug-likeness (QED) is 0.243. The number of hydrogen-bond acceptors (Lipinski definition) is 9. The number of benzene rings is 3. The number of nitrogens with two attached hydrogens (primary N) is 1. The first-order valence-electron chi connectivity index (χ1n) is 14.8. The summed E-state index contributed by atoms with van der Waals surface area (Å²) < 4.78 is 28.5. The number of hydrogen-bond donors (Lipinski definition) is 2. The maximum absolute atomic E-state index is 14.3. The van der Waals surface area contributed by atoms with Crippen LogP contribution >= 0.6 is 11.3 Å². The van der Waals surface area contributed by atoms with E-state index >= 15 is 0 Å². The molecule has 1 aromatic heterocycles. The average molecular weight is 676 g/mol. The van der Waals surface area contributed by atoms with Crippen LogP contribution in [0.3, 0.4) is 0 Å². The highest BCUT2D eigenvalue weighted by atomic mass is 32.2. The Morgan fingerprint density at radius 2 is 1.83 bits per heavy atom. The summed E-state index contributed by atoms with van der Waals surface area (Å²) in [7, 11) is -4.22. The van der Waals surface area contributed by atoms with Crippen molar-refractivity contribution in [1.29, 1.82) is 0 Å². The van der Waals surface area contributed by atoms with E-state index in [0.29, 0.717) is 5.56 Å². The monoisotopic (exact) mass is 675 g/mol. The van der Waals surface area contributed by atoms with Gasteiger partial charge in [-0.05, 0) is 34.9 Å². The standard InChI is InChI=1S/C32H33N7O6S2/c1-2-15-37-20-29(40)38-26(16-22-11-13-25(14-12-22)45-47(33,43)44)31(41)36(18-24-9-6-10-27-30(24)35-21-46-27)19-28(38)39(37)32(42)34-17-23-7-4-3-5-8-23/h2-14,21,26,28H,1,15-20H2,(H,34,42)(H2,33,43,44)/t26-,28-/m0/s1. The van der Waals surface area contributed by atoms with E-state index in [-0.39, 0.29) is 56.7 Å². The Hall–Kier alpha value is -4.83. The van der Waals surface area contributed by atoms with Crippen LogP contribution in [0.4, 0.5) is 4.79 Å². The lowest BCUT2D eigenvalue weighted by Crippen LogP contribution is -2.76. The molecule has 0 saturated carbocycles. The molecular formula is C32H33N7O6S2. The van der Waals surface area contributed by atoms with E-state index in [1.165, 1.54) is 33.4 Å². The van der Waals surface area contributed by atoms with Crippen molar-refractivity contribution in [3.05, 3.63) is 108 Å². The van der Waals surface area contributed by atoms with Gasteiger partial charge in [0.25, 0.3) is 0 Å². The van der Waals surface area contributed by atoms with Gasteiger partial charge in [0.05, 0.1) is 28.8 Å². The molecule has 15 heteroatoms. The Bertz CT molecular complexity index is 1900. The molecule has 0 radical (unpaired) electrons. The zero-order valence-corrected chi connectivity index (χ0v) is 26.9. The van der Waals surface area contributed by atoms with Crippen LogP contribution in [-0.4, -0.2) is 82.9 Å². The Morgan fingerprint density at radius 3 is 2.55 bits per heavy atom. The molecular weight excluding hydrogens is 643 g/mol. The molecule has 2 saturated heterocycles. The average Bonchev–Trinajstić information content (AvgIpc) is 3.53. The normalized spacial score (nSPS) is 18.7. The van der Waals surface area contributed by atoms with Gasteiger partial charge in [-0.15, -0.1) is 17.9 Å². The van der Waals surface area contributed by atoms with Gasteiger partial charge in [0.2, 0.25) is 11.8 Å². The van der Waals surface area contributed by atoms with Crippen LogP contribution in [0.2, 0.25) is 0 Å². The number of aromatic nitrogens is 1. The van der Waals surface area contributed by atoms with E-state index in [0.717, 1.165) is 21.3 Å². The van der Waals surface area contributed by atoms with E-state index in [2.05, 4.69) is 16.9 Å². The summed E-state index contributed by atoms with van der Waals surface area (Å²) in [6, 6.07) is 20.0. The minimum Gasteiger partial charge on any atom is -0.371 e. The molecule has 4 aromatic rings. The Balaban J connectivity index is 1.35. The summed E-state index contributed by atoms with van der Waals surface area (Å²) in [4.78, 5) is 49.8. The van der Waals surface area contributed by atoms with Gasteiger partial charge >= 0.3 is 16.3 Å². The highest BCUT2D eigenvalue weighted by Gasteiger charge is 2.51. The molecule has 3 heterocycles. The lowest BCUT2D eigenvalue weighted by Gasteiger charge is -2.55. The molecule has 3 N–H and O–H groups in total. The number of thiazole rings is 1. The number of amides is 4.